The van der Waals surface area contributed by atoms with Crippen LogP contribution in [0.3, 0.4) is 0 Å². The van der Waals surface area contributed by atoms with E-state index in [1.165, 1.54) is 6.42 Å². The number of rotatable bonds is 2. The monoisotopic (exact) mass is 304 g/mol. The minimum Gasteiger partial charge on any atom is -0.355 e. The summed E-state index contributed by atoms with van der Waals surface area (Å²) in [6.07, 6.45) is 2.23. The highest BCUT2D eigenvalue weighted by atomic mass is 35.5. The third kappa shape index (κ3) is 3.10. The minimum atomic E-state index is -0.0505. The number of nitrogens with zero attached hydrogens (tertiary/aromatic N) is 2. The topological polar surface area (TPSA) is 46.3 Å². The second kappa shape index (κ2) is 5.90. The number of carbonyl (C=O) groups excluding carboxylic acids is 1. The highest BCUT2D eigenvalue weighted by molar-refractivity contribution is 6.30. The van der Waals surface area contributed by atoms with Gasteiger partial charge in [-0.25, -0.2) is 0 Å². The maximum Gasteiger partial charge on any atom is 0.276 e. The largest absolute Gasteiger partial charge is 0.355 e. The lowest BCUT2D eigenvalue weighted by atomic mass is 10.00. The van der Waals surface area contributed by atoms with Gasteiger partial charge in [-0.2, -0.15) is 0 Å². The van der Waals surface area contributed by atoms with Crippen molar-refractivity contribution in [3.05, 3.63) is 41.0 Å². The molecule has 110 valence electrons. The Labute approximate surface area is 128 Å². The van der Waals surface area contributed by atoms with Crippen LogP contribution in [0.4, 0.5) is 0 Å². The van der Waals surface area contributed by atoms with Crippen LogP contribution in [0.1, 0.15) is 30.3 Å². The quantitative estimate of drug-likeness (QED) is 0.846. The summed E-state index contributed by atoms with van der Waals surface area (Å²) in [6.45, 7) is 3.76. The number of piperidine rings is 1. The molecule has 1 aromatic carbocycles. The number of carbonyl (C=O) groups is 1. The van der Waals surface area contributed by atoms with E-state index < -0.39 is 0 Å². The minimum absolute atomic E-state index is 0.0505. The van der Waals surface area contributed by atoms with Crippen molar-refractivity contribution >= 4 is 17.5 Å². The van der Waals surface area contributed by atoms with Gasteiger partial charge in [0.2, 0.25) is 0 Å². The average Bonchev–Trinajstić information content (AvgIpc) is 2.97. The molecule has 0 bridgehead atoms. The zero-order valence-electron chi connectivity index (χ0n) is 11.9. The van der Waals surface area contributed by atoms with E-state index in [2.05, 4.69) is 12.1 Å². The average molecular weight is 305 g/mol. The van der Waals surface area contributed by atoms with Gasteiger partial charge in [0.1, 0.15) is 0 Å². The third-order valence-corrected chi connectivity index (χ3v) is 4.05. The van der Waals surface area contributed by atoms with Crippen LogP contribution >= 0.6 is 11.6 Å². The van der Waals surface area contributed by atoms with E-state index in [-0.39, 0.29) is 5.91 Å². The van der Waals surface area contributed by atoms with Gasteiger partial charge in [-0.15, -0.1) is 0 Å². The van der Waals surface area contributed by atoms with Gasteiger partial charge in [-0.3, -0.25) is 4.79 Å². The number of aromatic nitrogens is 1. The first-order valence-corrected chi connectivity index (χ1v) is 7.53. The maximum absolute atomic E-state index is 12.4. The van der Waals surface area contributed by atoms with Crippen LogP contribution < -0.4 is 0 Å². The summed E-state index contributed by atoms with van der Waals surface area (Å²) in [5.41, 5.74) is 1.23. The molecule has 0 N–H and O–H groups in total. The molecule has 2 heterocycles. The van der Waals surface area contributed by atoms with E-state index in [4.69, 9.17) is 16.1 Å². The van der Waals surface area contributed by atoms with Gasteiger partial charge in [0.15, 0.2) is 11.5 Å². The summed E-state index contributed by atoms with van der Waals surface area (Å²) in [4.78, 5) is 14.3. The van der Waals surface area contributed by atoms with E-state index in [9.17, 15) is 4.79 Å². The van der Waals surface area contributed by atoms with Crippen molar-refractivity contribution in [2.45, 2.75) is 19.8 Å². The standard InChI is InChI=1S/C16H17ClN2O2/c1-11-3-2-8-19(10-11)16(20)14-9-15(21-18-14)12-4-6-13(17)7-5-12/h4-7,9,11H,2-3,8,10H2,1H3/t11-/m0/s1. The van der Waals surface area contributed by atoms with Gasteiger partial charge in [-0.1, -0.05) is 23.7 Å². The fraction of sp³-hybridized carbons (Fsp3) is 0.375. The highest BCUT2D eigenvalue weighted by Gasteiger charge is 2.24. The lowest BCUT2D eigenvalue weighted by Crippen LogP contribution is -2.39. The van der Waals surface area contributed by atoms with Crippen LogP contribution in [0.2, 0.25) is 5.02 Å². The highest BCUT2D eigenvalue weighted by Crippen LogP contribution is 2.24. The van der Waals surface area contributed by atoms with Gasteiger partial charge in [0.25, 0.3) is 5.91 Å². The number of benzene rings is 1. The summed E-state index contributed by atoms with van der Waals surface area (Å²) in [7, 11) is 0. The molecule has 21 heavy (non-hydrogen) atoms. The van der Waals surface area contributed by atoms with Crippen LogP contribution in [-0.2, 0) is 0 Å². The molecular formula is C16H17ClN2O2. The smallest absolute Gasteiger partial charge is 0.276 e. The zero-order valence-corrected chi connectivity index (χ0v) is 12.6. The summed E-state index contributed by atoms with van der Waals surface area (Å²) >= 11 is 5.86. The van der Waals surface area contributed by atoms with E-state index >= 15 is 0 Å². The summed E-state index contributed by atoms with van der Waals surface area (Å²) in [5.74, 6) is 1.08. The Hall–Kier alpha value is -1.81. The molecule has 1 aliphatic rings. The second-order valence-corrected chi connectivity index (χ2v) is 6.02. The predicted octanol–water partition coefficient (Wildman–Crippen LogP) is 3.87. The fourth-order valence-corrected chi connectivity index (χ4v) is 2.79. The van der Waals surface area contributed by atoms with Crippen molar-refractivity contribution in [3.8, 4) is 11.3 Å². The van der Waals surface area contributed by atoms with Gasteiger partial charge >= 0.3 is 0 Å². The third-order valence-electron chi connectivity index (χ3n) is 3.80. The van der Waals surface area contributed by atoms with E-state index in [1.54, 1.807) is 18.2 Å². The first-order valence-electron chi connectivity index (χ1n) is 7.15. The number of hydrogen-bond acceptors (Lipinski definition) is 3. The molecule has 1 aromatic heterocycles. The first-order chi connectivity index (χ1) is 10.1. The molecule has 0 unspecified atom stereocenters. The Morgan fingerprint density at radius 2 is 2.14 bits per heavy atom. The van der Waals surface area contributed by atoms with E-state index in [1.807, 2.05) is 17.0 Å². The van der Waals surface area contributed by atoms with Crippen molar-refractivity contribution in [2.24, 2.45) is 5.92 Å². The molecule has 0 radical (unpaired) electrons. The second-order valence-electron chi connectivity index (χ2n) is 5.58. The lowest BCUT2D eigenvalue weighted by Gasteiger charge is -2.30. The number of hydrogen-bond donors (Lipinski definition) is 0. The van der Waals surface area contributed by atoms with E-state index in [0.717, 1.165) is 25.1 Å². The van der Waals surface area contributed by atoms with Gasteiger partial charge in [-0.05, 0) is 43.0 Å². The molecule has 0 aliphatic carbocycles. The van der Waals surface area contributed by atoms with Crippen LogP contribution in [0.15, 0.2) is 34.9 Å². The number of likely N-dealkylation sites (tertiary alicyclic amines) is 1. The summed E-state index contributed by atoms with van der Waals surface area (Å²) < 4.78 is 5.29. The molecule has 1 fully saturated rings. The normalized spacial score (nSPS) is 18.8. The molecule has 0 spiro atoms. The molecule has 1 saturated heterocycles. The first kappa shape index (κ1) is 14.1. The Kier molecular flexibility index (Phi) is 3.97. The Bertz CT molecular complexity index is 636. The summed E-state index contributed by atoms with van der Waals surface area (Å²) in [6, 6.07) is 8.96. The molecule has 3 rings (SSSR count). The molecule has 1 atom stereocenters. The lowest BCUT2D eigenvalue weighted by molar-refractivity contribution is 0.0672. The fourth-order valence-electron chi connectivity index (χ4n) is 2.66. The van der Waals surface area contributed by atoms with Crippen LogP contribution in [0.25, 0.3) is 11.3 Å². The van der Waals surface area contributed by atoms with Crippen molar-refractivity contribution in [1.82, 2.24) is 10.1 Å². The van der Waals surface area contributed by atoms with Crippen molar-refractivity contribution < 1.29 is 9.32 Å². The van der Waals surface area contributed by atoms with Gasteiger partial charge in [0, 0.05) is 29.7 Å². The maximum atomic E-state index is 12.4. The molecule has 1 amide bonds. The van der Waals surface area contributed by atoms with Gasteiger partial charge < -0.3 is 9.42 Å². The summed E-state index contributed by atoms with van der Waals surface area (Å²) in [5, 5.41) is 4.58. The number of amides is 1. The van der Waals surface area contributed by atoms with Crippen molar-refractivity contribution in [2.75, 3.05) is 13.1 Å². The molecule has 0 saturated carbocycles. The molecular weight excluding hydrogens is 288 g/mol. The Morgan fingerprint density at radius 1 is 1.38 bits per heavy atom. The number of halogens is 1. The van der Waals surface area contributed by atoms with Crippen molar-refractivity contribution in [3.63, 3.8) is 0 Å². The molecule has 1 aliphatic heterocycles. The van der Waals surface area contributed by atoms with Crippen LogP contribution in [0.5, 0.6) is 0 Å². The molecule has 4 nitrogen and oxygen atoms in total. The Morgan fingerprint density at radius 3 is 2.86 bits per heavy atom. The van der Waals surface area contributed by atoms with E-state index in [0.29, 0.717) is 22.4 Å². The van der Waals surface area contributed by atoms with Crippen LogP contribution in [0, 0.1) is 5.92 Å². The Balaban J connectivity index is 1.78. The van der Waals surface area contributed by atoms with Gasteiger partial charge in [0.05, 0.1) is 0 Å². The SMILES string of the molecule is C[C@H]1CCCN(C(=O)c2cc(-c3ccc(Cl)cc3)on2)C1. The molecule has 5 heteroatoms. The van der Waals surface area contributed by atoms with Crippen molar-refractivity contribution in [1.29, 1.82) is 0 Å². The zero-order chi connectivity index (χ0) is 14.8. The predicted molar refractivity (Wildman–Crippen MR) is 81.3 cm³/mol. The van der Waals surface area contributed by atoms with Crippen LogP contribution in [-0.4, -0.2) is 29.1 Å². The molecule has 2 aromatic rings.